The summed E-state index contributed by atoms with van der Waals surface area (Å²) in [4.78, 5) is 17.8. The van der Waals surface area contributed by atoms with Crippen molar-refractivity contribution in [3.63, 3.8) is 0 Å². The van der Waals surface area contributed by atoms with Crippen molar-refractivity contribution in [2.45, 2.75) is 64.5 Å². The summed E-state index contributed by atoms with van der Waals surface area (Å²) in [6.07, 6.45) is 7.09. The maximum Gasteiger partial charge on any atom is 0.258 e. The Morgan fingerprint density at radius 1 is 1.17 bits per heavy atom. The van der Waals surface area contributed by atoms with Crippen LogP contribution >= 0.6 is 0 Å². The lowest BCUT2D eigenvalue weighted by Gasteiger charge is -2.33. The van der Waals surface area contributed by atoms with Crippen LogP contribution in [-0.4, -0.2) is 38.3 Å². The van der Waals surface area contributed by atoms with Crippen LogP contribution in [0.2, 0.25) is 0 Å². The standard InChI is InChI=1S/C23H30N6O/c1-15-9-10-20-17(12-15)13-19(23(30)24-20)21(28-11-5-6-16(2)14-28)22-25-26-27-29(22)18-7-3-4-8-18/h9-10,12-13,16,18,21H,3-8,11,14H2,1-2H3,(H,24,30)/p+1/t16-,21-/m0/s1. The number of aromatic amines is 1. The van der Waals surface area contributed by atoms with Gasteiger partial charge < -0.3 is 9.88 Å². The highest BCUT2D eigenvalue weighted by molar-refractivity contribution is 5.79. The highest BCUT2D eigenvalue weighted by Gasteiger charge is 2.37. The van der Waals surface area contributed by atoms with Gasteiger partial charge in [-0.05, 0) is 66.6 Å². The van der Waals surface area contributed by atoms with Crippen LogP contribution in [0.15, 0.2) is 29.1 Å². The van der Waals surface area contributed by atoms with Crippen molar-refractivity contribution in [1.82, 2.24) is 25.2 Å². The van der Waals surface area contributed by atoms with Gasteiger partial charge in [0.1, 0.15) is 0 Å². The first-order chi connectivity index (χ1) is 14.6. The maximum absolute atomic E-state index is 13.3. The molecule has 2 fully saturated rings. The van der Waals surface area contributed by atoms with Gasteiger partial charge >= 0.3 is 0 Å². The zero-order chi connectivity index (χ0) is 20.7. The van der Waals surface area contributed by atoms with Gasteiger partial charge in [-0.25, -0.2) is 4.68 Å². The number of pyridine rings is 1. The molecule has 1 saturated carbocycles. The molecule has 158 valence electrons. The molecule has 0 spiro atoms. The smallest absolute Gasteiger partial charge is 0.258 e. The Labute approximate surface area is 176 Å². The van der Waals surface area contributed by atoms with Crippen molar-refractivity contribution in [2.24, 2.45) is 5.92 Å². The number of rotatable bonds is 4. The number of aromatic nitrogens is 5. The number of aryl methyl sites for hydroxylation is 1. The van der Waals surface area contributed by atoms with E-state index in [1.165, 1.54) is 36.1 Å². The lowest BCUT2D eigenvalue weighted by Crippen LogP contribution is -3.14. The molecule has 5 rings (SSSR count). The zero-order valence-corrected chi connectivity index (χ0v) is 17.9. The molecule has 1 aliphatic heterocycles. The Balaban J connectivity index is 1.66. The Morgan fingerprint density at radius 2 is 2.00 bits per heavy atom. The predicted molar refractivity (Wildman–Crippen MR) is 116 cm³/mol. The first kappa shape index (κ1) is 19.4. The third kappa shape index (κ3) is 3.55. The van der Waals surface area contributed by atoms with E-state index in [2.05, 4.69) is 46.5 Å². The van der Waals surface area contributed by atoms with Gasteiger partial charge in [0.2, 0.25) is 5.82 Å². The average Bonchev–Trinajstić information content (AvgIpc) is 3.41. The minimum absolute atomic E-state index is 0.0250. The van der Waals surface area contributed by atoms with Gasteiger partial charge in [0.25, 0.3) is 5.56 Å². The second-order valence-electron chi connectivity index (χ2n) is 9.36. The number of quaternary nitrogens is 1. The van der Waals surface area contributed by atoms with Crippen molar-refractivity contribution < 1.29 is 4.90 Å². The van der Waals surface area contributed by atoms with E-state index in [0.29, 0.717) is 12.0 Å². The van der Waals surface area contributed by atoms with Crippen molar-refractivity contribution in [2.75, 3.05) is 13.1 Å². The summed E-state index contributed by atoms with van der Waals surface area (Å²) in [5.74, 6) is 1.48. The van der Waals surface area contributed by atoms with Gasteiger partial charge in [-0.15, -0.1) is 5.10 Å². The van der Waals surface area contributed by atoms with E-state index in [9.17, 15) is 4.79 Å². The second kappa shape index (κ2) is 7.95. The van der Waals surface area contributed by atoms with E-state index >= 15 is 0 Å². The molecule has 1 saturated heterocycles. The first-order valence-electron chi connectivity index (χ1n) is 11.4. The summed E-state index contributed by atoms with van der Waals surface area (Å²) in [6.45, 7) is 6.47. The van der Waals surface area contributed by atoms with Crippen molar-refractivity contribution in [1.29, 1.82) is 0 Å². The fraction of sp³-hybridized carbons (Fsp3) is 0.565. The fourth-order valence-corrected chi connectivity index (χ4v) is 5.49. The monoisotopic (exact) mass is 407 g/mol. The van der Waals surface area contributed by atoms with Crippen molar-refractivity contribution in [3.8, 4) is 0 Å². The van der Waals surface area contributed by atoms with Crippen LogP contribution in [0.4, 0.5) is 0 Å². The molecule has 3 heterocycles. The van der Waals surface area contributed by atoms with E-state index < -0.39 is 0 Å². The van der Waals surface area contributed by atoms with Crippen LogP contribution in [0.5, 0.6) is 0 Å². The molecule has 30 heavy (non-hydrogen) atoms. The van der Waals surface area contributed by atoms with Gasteiger partial charge in [-0.3, -0.25) is 4.79 Å². The van der Waals surface area contributed by atoms with E-state index in [1.807, 2.05) is 16.8 Å². The summed E-state index contributed by atoms with van der Waals surface area (Å²) in [7, 11) is 0. The van der Waals surface area contributed by atoms with Crippen LogP contribution < -0.4 is 10.5 Å². The van der Waals surface area contributed by atoms with Crippen LogP contribution in [-0.2, 0) is 0 Å². The molecule has 2 aliphatic rings. The number of nitrogens with one attached hydrogen (secondary N) is 2. The number of likely N-dealkylation sites (tertiary alicyclic amines) is 1. The van der Waals surface area contributed by atoms with Crippen LogP contribution in [0.1, 0.15) is 74.5 Å². The minimum Gasteiger partial charge on any atom is -0.322 e. The molecule has 1 aliphatic carbocycles. The molecule has 7 heteroatoms. The molecule has 3 aromatic rings. The predicted octanol–water partition coefficient (Wildman–Crippen LogP) is 2.34. The maximum atomic E-state index is 13.3. The number of tetrazole rings is 1. The van der Waals surface area contributed by atoms with Crippen molar-refractivity contribution >= 4 is 10.9 Å². The largest absolute Gasteiger partial charge is 0.322 e. The first-order valence-corrected chi connectivity index (χ1v) is 11.4. The van der Waals surface area contributed by atoms with E-state index in [4.69, 9.17) is 0 Å². The summed E-state index contributed by atoms with van der Waals surface area (Å²) in [6, 6.07) is 8.45. The number of benzene rings is 1. The quantitative estimate of drug-likeness (QED) is 0.696. The molecule has 1 unspecified atom stereocenters. The summed E-state index contributed by atoms with van der Waals surface area (Å²) in [5.41, 5.74) is 2.83. The van der Waals surface area contributed by atoms with Gasteiger partial charge in [-0.1, -0.05) is 31.4 Å². The molecular weight excluding hydrogens is 376 g/mol. The third-order valence-electron chi connectivity index (χ3n) is 7.00. The number of nitrogens with zero attached hydrogens (tertiary/aromatic N) is 4. The molecule has 1 aromatic carbocycles. The van der Waals surface area contributed by atoms with Gasteiger partial charge in [0.05, 0.1) is 24.7 Å². The zero-order valence-electron chi connectivity index (χ0n) is 17.9. The van der Waals surface area contributed by atoms with E-state index in [0.717, 1.165) is 48.2 Å². The number of hydrogen-bond acceptors (Lipinski definition) is 4. The van der Waals surface area contributed by atoms with Gasteiger partial charge in [-0.2, -0.15) is 0 Å². The fourth-order valence-electron chi connectivity index (χ4n) is 5.49. The normalized spacial score (nSPS) is 23.8. The SMILES string of the molecule is Cc1ccc2[nH]c(=O)c([C@@H](c3nnnn3C3CCCC3)[NH+]3CCC[C@H](C)C3)cc2c1. The lowest BCUT2D eigenvalue weighted by molar-refractivity contribution is -0.934. The Hall–Kier alpha value is -2.54. The average molecular weight is 408 g/mol. The molecule has 7 nitrogen and oxygen atoms in total. The number of fused-ring (bicyclic) bond motifs is 1. The lowest BCUT2D eigenvalue weighted by atomic mass is 9.95. The highest BCUT2D eigenvalue weighted by atomic mass is 16.1. The molecule has 2 N–H and O–H groups in total. The van der Waals surface area contributed by atoms with E-state index in [-0.39, 0.29) is 11.6 Å². The Morgan fingerprint density at radius 3 is 2.80 bits per heavy atom. The second-order valence-corrected chi connectivity index (χ2v) is 9.36. The van der Waals surface area contributed by atoms with Gasteiger partial charge in [0.15, 0.2) is 6.04 Å². The minimum atomic E-state index is -0.142. The van der Waals surface area contributed by atoms with E-state index in [1.54, 1.807) is 0 Å². The summed E-state index contributed by atoms with van der Waals surface area (Å²) in [5, 5.41) is 14.0. The summed E-state index contributed by atoms with van der Waals surface area (Å²) < 4.78 is 2.03. The number of piperidine rings is 1. The molecule has 0 amide bonds. The molecule has 3 atom stereocenters. The van der Waals surface area contributed by atoms with Crippen molar-refractivity contribution in [3.05, 3.63) is 51.6 Å². The molecular formula is C23H31N6O+. The molecule has 2 aromatic heterocycles. The highest BCUT2D eigenvalue weighted by Crippen LogP contribution is 2.31. The Bertz CT molecular complexity index is 1100. The summed E-state index contributed by atoms with van der Waals surface area (Å²) >= 11 is 0. The number of H-pyrrole nitrogens is 1. The van der Waals surface area contributed by atoms with Crippen LogP contribution in [0.25, 0.3) is 10.9 Å². The molecule has 0 radical (unpaired) electrons. The topological polar surface area (TPSA) is 80.9 Å². The van der Waals surface area contributed by atoms with Crippen LogP contribution in [0, 0.1) is 12.8 Å². The van der Waals surface area contributed by atoms with Crippen LogP contribution in [0.3, 0.4) is 0 Å². The number of hydrogen-bond donors (Lipinski definition) is 2. The Kier molecular flexibility index (Phi) is 5.15. The third-order valence-corrected chi connectivity index (χ3v) is 7.00. The molecule has 0 bridgehead atoms. The van der Waals surface area contributed by atoms with Gasteiger partial charge in [0, 0.05) is 11.4 Å².